The van der Waals surface area contributed by atoms with Gasteiger partial charge in [-0.3, -0.25) is 9.59 Å². The molecule has 1 fully saturated rings. The molecule has 32 heavy (non-hydrogen) atoms. The van der Waals surface area contributed by atoms with E-state index < -0.39 is 34.3 Å². The average Bonchev–Trinajstić information content (AvgIpc) is 3.01. The zero-order chi connectivity index (χ0) is 24.6. The molecule has 3 unspecified atom stereocenters. The van der Waals surface area contributed by atoms with Crippen molar-refractivity contribution < 1.29 is 24.9 Å². The molecule has 0 aromatic rings. The van der Waals surface area contributed by atoms with Crippen LogP contribution in [-0.4, -0.2) is 32.5 Å². The van der Waals surface area contributed by atoms with Crippen molar-refractivity contribution in [1.29, 1.82) is 0 Å². The van der Waals surface area contributed by atoms with Gasteiger partial charge in [0.25, 0.3) is 0 Å². The second kappa shape index (κ2) is 9.38. The van der Waals surface area contributed by atoms with Gasteiger partial charge in [0, 0.05) is 11.5 Å². The average molecular weight is 445 g/mol. The first-order chi connectivity index (χ1) is 14.7. The van der Waals surface area contributed by atoms with Gasteiger partial charge in [0.2, 0.25) is 0 Å². The number of carbonyl (C=O) groups is 2. The zero-order valence-electron chi connectivity index (χ0n) is 20.7. The topological polar surface area (TPSA) is 94.8 Å². The number of allylic oxidation sites excluding steroid dienone is 6. The van der Waals surface area contributed by atoms with Crippen molar-refractivity contribution >= 4 is 11.6 Å². The monoisotopic (exact) mass is 444 g/mol. The van der Waals surface area contributed by atoms with E-state index >= 15 is 0 Å². The van der Waals surface area contributed by atoms with E-state index in [0.717, 1.165) is 17.6 Å². The molecule has 0 spiro atoms. The van der Waals surface area contributed by atoms with Crippen molar-refractivity contribution in [3.8, 4) is 0 Å². The number of carbonyl (C=O) groups excluding carboxylic acids is 2. The highest BCUT2D eigenvalue weighted by Gasteiger charge is 2.51. The number of ketones is 2. The van der Waals surface area contributed by atoms with Gasteiger partial charge in [0.1, 0.15) is 17.1 Å². The van der Waals surface area contributed by atoms with Crippen LogP contribution in [0.5, 0.6) is 0 Å². The summed E-state index contributed by atoms with van der Waals surface area (Å²) in [5.41, 5.74) is -0.453. The molecule has 3 N–H and O–H groups in total. The molecule has 2 aliphatic carbocycles. The van der Waals surface area contributed by atoms with Crippen LogP contribution in [0, 0.1) is 23.2 Å². The highest BCUT2D eigenvalue weighted by atomic mass is 16.3. The van der Waals surface area contributed by atoms with E-state index in [1.54, 1.807) is 20.8 Å². The fourth-order valence-corrected chi connectivity index (χ4v) is 4.98. The van der Waals surface area contributed by atoms with Gasteiger partial charge >= 0.3 is 0 Å². The lowest BCUT2D eigenvalue weighted by molar-refractivity contribution is -0.128. The van der Waals surface area contributed by atoms with Gasteiger partial charge in [-0.05, 0) is 78.6 Å². The summed E-state index contributed by atoms with van der Waals surface area (Å²) in [6.45, 7) is 16.8. The Balaban J connectivity index is 2.69. The van der Waals surface area contributed by atoms with Crippen LogP contribution in [0.15, 0.2) is 46.5 Å². The summed E-state index contributed by atoms with van der Waals surface area (Å²) >= 11 is 0. The Kier molecular flexibility index (Phi) is 7.66. The standard InChI is InChI=1S/C27H40O5/c1-9-17(6)22(28)21-23(29)19(14-20-18(16(4)5)11-13-27(20,8)32)24(30)26(7,25(21)31)12-10-15(2)3/h10,17-18,20,29-30,32H,4,9,11-14H2,1-3,5-8H3/t17?,18?,20-,26?,27+/m1/s1. The van der Waals surface area contributed by atoms with Crippen molar-refractivity contribution in [2.24, 2.45) is 23.2 Å². The molecule has 5 heteroatoms. The van der Waals surface area contributed by atoms with Gasteiger partial charge in [-0.1, -0.05) is 37.6 Å². The molecule has 5 atom stereocenters. The predicted octanol–water partition coefficient (Wildman–Crippen LogP) is 5.91. The molecule has 1 saturated carbocycles. The Hall–Kier alpha value is -2.14. The molecular weight excluding hydrogens is 404 g/mol. The first kappa shape index (κ1) is 26.1. The van der Waals surface area contributed by atoms with Gasteiger partial charge in [0.15, 0.2) is 11.6 Å². The maximum Gasteiger partial charge on any atom is 0.183 e. The molecule has 2 rings (SSSR count). The number of hydrogen-bond donors (Lipinski definition) is 3. The smallest absolute Gasteiger partial charge is 0.183 e. The molecular formula is C27H40O5. The van der Waals surface area contributed by atoms with Crippen molar-refractivity contribution in [3.63, 3.8) is 0 Å². The van der Waals surface area contributed by atoms with Gasteiger partial charge in [0.05, 0.1) is 11.0 Å². The van der Waals surface area contributed by atoms with Crippen LogP contribution in [0.3, 0.4) is 0 Å². The lowest BCUT2D eigenvalue weighted by Gasteiger charge is -2.37. The van der Waals surface area contributed by atoms with Crippen molar-refractivity contribution in [1.82, 2.24) is 0 Å². The third kappa shape index (κ3) is 4.63. The number of Topliss-reactive ketones (excluding diaryl/α,β-unsaturated/α-hetero) is 2. The molecule has 5 nitrogen and oxygen atoms in total. The van der Waals surface area contributed by atoms with E-state index in [9.17, 15) is 24.9 Å². The Morgan fingerprint density at radius 1 is 1.25 bits per heavy atom. The highest BCUT2D eigenvalue weighted by Crippen LogP contribution is 2.50. The van der Waals surface area contributed by atoms with E-state index in [4.69, 9.17) is 0 Å². The van der Waals surface area contributed by atoms with Crippen LogP contribution in [0.2, 0.25) is 0 Å². The molecule has 0 saturated heterocycles. The van der Waals surface area contributed by atoms with Crippen LogP contribution in [0.1, 0.15) is 80.6 Å². The van der Waals surface area contributed by atoms with Crippen molar-refractivity contribution in [3.05, 3.63) is 46.5 Å². The number of rotatable bonds is 8. The lowest BCUT2D eigenvalue weighted by Crippen LogP contribution is -2.41. The summed E-state index contributed by atoms with van der Waals surface area (Å²) in [5.74, 6) is -2.29. The maximum atomic E-state index is 13.5. The largest absolute Gasteiger partial charge is 0.511 e. The molecule has 0 amide bonds. The first-order valence-corrected chi connectivity index (χ1v) is 11.6. The maximum absolute atomic E-state index is 13.5. The summed E-state index contributed by atoms with van der Waals surface area (Å²) in [4.78, 5) is 26.6. The minimum absolute atomic E-state index is 0.0217. The molecule has 178 valence electrons. The fourth-order valence-electron chi connectivity index (χ4n) is 4.98. The molecule has 0 bridgehead atoms. The molecule has 2 aliphatic rings. The number of aliphatic hydroxyl groups is 3. The fraction of sp³-hybridized carbons (Fsp3) is 0.630. The van der Waals surface area contributed by atoms with Crippen LogP contribution in [0.25, 0.3) is 0 Å². The van der Waals surface area contributed by atoms with Crippen LogP contribution >= 0.6 is 0 Å². The Morgan fingerprint density at radius 2 is 1.84 bits per heavy atom. The highest BCUT2D eigenvalue weighted by molar-refractivity contribution is 6.24. The number of hydrogen-bond acceptors (Lipinski definition) is 5. The van der Waals surface area contributed by atoms with Crippen molar-refractivity contribution in [2.75, 3.05) is 0 Å². The Morgan fingerprint density at radius 3 is 2.34 bits per heavy atom. The second-order valence-electron chi connectivity index (χ2n) is 10.5. The summed E-state index contributed by atoms with van der Waals surface area (Å²) in [5, 5.41) is 33.5. The van der Waals surface area contributed by atoms with Gasteiger partial charge in [-0.15, -0.1) is 0 Å². The summed E-state index contributed by atoms with van der Waals surface area (Å²) in [6, 6.07) is 0. The number of aliphatic hydroxyl groups excluding tert-OH is 2. The molecule has 0 heterocycles. The summed E-state index contributed by atoms with van der Waals surface area (Å²) in [7, 11) is 0. The SMILES string of the molecule is C=C(C)C1CC[C@](C)(O)[C@@H]1CC1=C(O)C(C)(CC=C(C)C)C(=O)C(C(=O)C(C)CC)=C1O. The van der Waals surface area contributed by atoms with E-state index in [1.165, 1.54) is 0 Å². The van der Waals surface area contributed by atoms with Crippen LogP contribution < -0.4 is 0 Å². The normalized spacial score (nSPS) is 31.7. The zero-order valence-corrected chi connectivity index (χ0v) is 20.7. The predicted molar refractivity (Wildman–Crippen MR) is 127 cm³/mol. The molecule has 0 aliphatic heterocycles. The van der Waals surface area contributed by atoms with E-state index in [2.05, 4.69) is 6.58 Å². The molecule has 0 aromatic heterocycles. The van der Waals surface area contributed by atoms with Crippen molar-refractivity contribution in [2.45, 2.75) is 86.2 Å². The summed E-state index contributed by atoms with van der Waals surface area (Å²) < 4.78 is 0. The second-order valence-corrected chi connectivity index (χ2v) is 10.5. The lowest BCUT2D eigenvalue weighted by atomic mass is 9.67. The quantitative estimate of drug-likeness (QED) is 0.319. The van der Waals surface area contributed by atoms with E-state index in [0.29, 0.717) is 12.8 Å². The van der Waals surface area contributed by atoms with Gasteiger partial charge < -0.3 is 15.3 Å². The van der Waals surface area contributed by atoms with E-state index in [-0.39, 0.29) is 41.6 Å². The van der Waals surface area contributed by atoms with Gasteiger partial charge in [-0.25, -0.2) is 0 Å². The van der Waals surface area contributed by atoms with Gasteiger partial charge in [-0.2, -0.15) is 0 Å². The minimum Gasteiger partial charge on any atom is -0.511 e. The van der Waals surface area contributed by atoms with Crippen LogP contribution in [-0.2, 0) is 9.59 Å². The molecule has 0 radical (unpaired) electrons. The Labute approximate surface area is 192 Å². The first-order valence-electron chi connectivity index (χ1n) is 11.6. The Bertz CT molecular complexity index is 897. The molecule has 0 aromatic carbocycles. The summed E-state index contributed by atoms with van der Waals surface area (Å²) in [6.07, 6.45) is 4.13. The van der Waals surface area contributed by atoms with E-state index in [1.807, 2.05) is 33.8 Å². The van der Waals surface area contributed by atoms with Crippen LogP contribution in [0.4, 0.5) is 0 Å². The third-order valence-electron chi connectivity index (χ3n) is 7.59. The minimum atomic E-state index is -1.35. The third-order valence-corrected chi connectivity index (χ3v) is 7.59.